The molecule has 0 aromatic rings. The molecule has 2 atom stereocenters. The van der Waals surface area contributed by atoms with Crippen molar-refractivity contribution in [3.8, 4) is 0 Å². The van der Waals surface area contributed by atoms with Crippen molar-refractivity contribution in [2.24, 2.45) is 0 Å². The second kappa shape index (κ2) is 36.2. The maximum atomic E-state index is 12.8. The van der Waals surface area contributed by atoms with E-state index in [0.29, 0.717) is 12.8 Å². The number of aliphatic carboxylic acids is 2. The molecular formula is C40H72Na2O8. The van der Waals surface area contributed by atoms with Crippen LogP contribution >= 0.6 is 0 Å². The van der Waals surface area contributed by atoms with Crippen molar-refractivity contribution in [3.05, 3.63) is 0 Å². The number of carboxylic acids is 2. The van der Waals surface area contributed by atoms with Crippen molar-refractivity contribution in [3.63, 3.8) is 0 Å². The summed E-state index contributed by atoms with van der Waals surface area (Å²) in [5, 5.41) is 45.3. The molecule has 0 aliphatic carbocycles. The van der Waals surface area contributed by atoms with Gasteiger partial charge in [-0.3, -0.25) is 9.59 Å². The number of rotatable bonds is 37. The van der Waals surface area contributed by atoms with Crippen LogP contribution in [-0.4, -0.2) is 44.9 Å². The summed E-state index contributed by atoms with van der Waals surface area (Å²) in [6.07, 6.45) is 31.6. The largest absolute Gasteiger partial charge is 1.00 e. The van der Waals surface area contributed by atoms with Crippen molar-refractivity contribution < 1.29 is 98.7 Å². The van der Waals surface area contributed by atoms with Gasteiger partial charge in [-0.05, 0) is 12.8 Å². The number of Topliss-reactive ketones (excluding diaryl/α,β-unsaturated/α-hetero) is 2. The average molecular weight is 727 g/mol. The topological polar surface area (TPSA) is 155 Å². The number of carbonyl (C=O) groups excluding carboxylic acids is 4. The SMILES string of the molecule is CCCCCCCCCCCCCCCCCC(=O)C(O)(C(=O)[O-])C(O)(C(=O)[O-])C(=O)CCCCCCCCCCCCCCCCC.[Na+].[Na+]. The van der Waals surface area contributed by atoms with Gasteiger partial charge in [-0.2, -0.15) is 0 Å². The number of ketones is 2. The van der Waals surface area contributed by atoms with Crippen molar-refractivity contribution in [1.82, 2.24) is 0 Å². The quantitative estimate of drug-likeness (QED) is 0.0557. The zero-order valence-electron chi connectivity index (χ0n) is 33.0. The Labute approximate surface area is 350 Å². The molecule has 0 aliphatic rings. The average Bonchev–Trinajstić information content (AvgIpc) is 3.06. The Morgan fingerprint density at radius 2 is 0.520 bits per heavy atom. The first-order chi connectivity index (χ1) is 23.1. The van der Waals surface area contributed by atoms with E-state index in [1.165, 1.54) is 116 Å². The molecule has 2 unspecified atom stereocenters. The van der Waals surface area contributed by atoms with E-state index in [0.717, 1.165) is 51.4 Å². The molecule has 282 valence electrons. The van der Waals surface area contributed by atoms with E-state index in [-0.39, 0.29) is 72.0 Å². The second-order valence-corrected chi connectivity index (χ2v) is 14.2. The Balaban J connectivity index is -0.0000110. The first-order valence-electron chi connectivity index (χ1n) is 20.0. The summed E-state index contributed by atoms with van der Waals surface area (Å²) < 4.78 is 0. The van der Waals surface area contributed by atoms with Crippen molar-refractivity contribution in [2.75, 3.05) is 0 Å². The van der Waals surface area contributed by atoms with Crippen LogP contribution in [0.2, 0.25) is 0 Å². The molecule has 8 nitrogen and oxygen atoms in total. The van der Waals surface area contributed by atoms with Gasteiger partial charge in [0.15, 0.2) is 11.6 Å². The maximum Gasteiger partial charge on any atom is 1.00 e. The predicted octanol–water partition coefficient (Wildman–Crippen LogP) is 1.62. The first-order valence-corrected chi connectivity index (χ1v) is 20.0. The van der Waals surface area contributed by atoms with Gasteiger partial charge in [0.05, 0.1) is 11.9 Å². The molecule has 0 spiro atoms. The summed E-state index contributed by atoms with van der Waals surface area (Å²) >= 11 is 0. The molecule has 0 rings (SSSR count). The van der Waals surface area contributed by atoms with Gasteiger partial charge in [0, 0.05) is 12.8 Å². The van der Waals surface area contributed by atoms with Gasteiger partial charge in [-0.1, -0.05) is 194 Å². The van der Waals surface area contributed by atoms with Gasteiger partial charge in [-0.25, -0.2) is 0 Å². The molecule has 0 amide bonds. The molecule has 0 saturated heterocycles. The van der Waals surface area contributed by atoms with Crippen LogP contribution in [0, 0.1) is 0 Å². The molecule has 0 bridgehead atoms. The molecule has 10 heteroatoms. The van der Waals surface area contributed by atoms with Crippen LogP contribution in [0.5, 0.6) is 0 Å². The third-order valence-electron chi connectivity index (χ3n) is 9.94. The Kier molecular flexibility index (Phi) is 39.5. The third kappa shape index (κ3) is 23.8. The molecule has 50 heavy (non-hydrogen) atoms. The van der Waals surface area contributed by atoms with E-state index in [4.69, 9.17) is 0 Å². The normalized spacial score (nSPS) is 13.4. The predicted molar refractivity (Wildman–Crippen MR) is 189 cm³/mol. The van der Waals surface area contributed by atoms with Gasteiger partial charge in [0.25, 0.3) is 0 Å². The summed E-state index contributed by atoms with van der Waals surface area (Å²) in [6, 6.07) is 0. The van der Waals surface area contributed by atoms with E-state index >= 15 is 0 Å². The van der Waals surface area contributed by atoms with Gasteiger partial charge >= 0.3 is 59.1 Å². The van der Waals surface area contributed by atoms with Crippen molar-refractivity contribution in [2.45, 2.75) is 231 Å². The standard InChI is InChI=1S/C40H74O8.2Na/c1-3-5-7-9-11-13-15-17-19-21-23-25-27-29-31-33-35(41)39(47,37(43)44)40(48,38(45)46)36(42)34-32-30-28-26-24-22-20-18-16-14-12-10-8-6-4-2;;/h47-48H,3-34H2,1-2H3,(H,43,44)(H,45,46);;/q;2*+1/p-2. The Morgan fingerprint density at radius 1 is 0.360 bits per heavy atom. The second-order valence-electron chi connectivity index (χ2n) is 14.2. The summed E-state index contributed by atoms with van der Waals surface area (Å²) in [5.41, 5.74) is -7.82. The van der Waals surface area contributed by atoms with E-state index in [9.17, 15) is 39.6 Å². The zero-order valence-corrected chi connectivity index (χ0v) is 37.0. The summed E-state index contributed by atoms with van der Waals surface area (Å²) in [6.45, 7) is 4.45. The minimum atomic E-state index is -3.91. The summed E-state index contributed by atoms with van der Waals surface area (Å²) in [4.78, 5) is 49.5. The van der Waals surface area contributed by atoms with Crippen LogP contribution in [0.4, 0.5) is 0 Å². The van der Waals surface area contributed by atoms with Gasteiger partial charge in [0.2, 0.25) is 11.2 Å². The molecule has 0 fully saturated rings. The minimum Gasteiger partial charge on any atom is -0.546 e. The van der Waals surface area contributed by atoms with Crippen LogP contribution < -0.4 is 69.3 Å². The molecule has 0 aliphatic heterocycles. The fourth-order valence-corrected chi connectivity index (χ4v) is 6.60. The van der Waals surface area contributed by atoms with Crippen LogP contribution in [0.1, 0.15) is 219 Å². The molecule has 2 N–H and O–H groups in total. The first kappa shape index (κ1) is 54.5. The van der Waals surface area contributed by atoms with Gasteiger partial charge in [-0.15, -0.1) is 0 Å². The summed E-state index contributed by atoms with van der Waals surface area (Å²) in [7, 11) is 0. The number of hydrogen-bond acceptors (Lipinski definition) is 8. The minimum absolute atomic E-state index is 0. The van der Waals surface area contributed by atoms with Crippen LogP contribution in [-0.2, 0) is 19.2 Å². The van der Waals surface area contributed by atoms with Crippen LogP contribution in [0.3, 0.4) is 0 Å². The molecule has 0 heterocycles. The van der Waals surface area contributed by atoms with E-state index in [2.05, 4.69) is 13.8 Å². The molecule has 0 aromatic carbocycles. The number of carbonyl (C=O) groups is 4. The van der Waals surface area contributed by atoms with E-state index in [1.54, 1.807) is 0 Å². The molecule has 0 radical (unpaired) electrons. The molecule has 0 saturated carbocycles. The van der Waals surface area contributed by atoms with Gasteiger partial charge < -0.3 is 30.0 Å². The molecule has 0 aromatic heterocycles. The van der Waals surface area contributed by atoms with E-state index < -0.39 is 47.5 Å². The number of carboxylic acid groups (broad SMARTS) is 2. The smallest absolute Gasteiger partial charge is 0.546 e. The number of hydrogen-bond donors (Lipinski definition) is 2. The van der Waals surface area contributed by atoms with Crippen molar-refractivity contribution in [1.29, 1.82) is 0 Å². The van der Waals surface area contributed by atoms with Crippen LogP contribution in [0.15, 0.2) is 0 Å². The van der Waals surface area contributed by atoms with Crippen LogP contribution in [0.25, 0.3) is 0 Å². The fourth-order valence-electron chi connectivity index (χ4n) is 6.60. The number of aliphatic hydroxyl groups is 2. The Hall–Kier alpha value is 0.200. The van der Waals surface area contributed by atoms with E-state index in [1.807, 2.05) is 0 Å². The fraction of sp³-hybridized carbons (Fsp3) is 0.900. The zero-order chi connectivity index (χ0) is 35.9. The Bertz CT molecular complexity index is 787. The molecular weight excluding hydrogens is 654 g/mol. The van der Waals surface area contributed by atoms with Crippen molar-refractivity contribution >= 4 is 23.5 Å². The summed E-state index contributed by atoms with van der Waals surface area (Å²) in [5.74, 6) is -7.92. The monoisotopic (exact) mass is 727 g/mol. The maximum absolute atomic E-state index is 12.8. The Morgan fingerprint density at radius 3 is 0.680 bits per heavy atom. The number of unbranched alkanes of at least 4 members (excludes halogenated alkanes) is 28. The third-order valence-corrected chi connectivity index (χ3v) is 9.94. The van der Waals surface area contributed by atoms with Gasteiger partial charge in [0.1, 0.15) is 0 Å².